The quantitative estimate of drug-likeness (QED) is 0.677. The van der Waals surface area contributed by atoms with Gasteiger partial charge < -0.3 is 5.73 Å². The van der Waals surface area contributed by atoms with Crippen LogP contribution in [0.15, 0.2) is 18.2 Å². The summed E-state index contributed by atoms with van der Waals surface area (Å²) in [6, 6.07) is 5.85. The summed E-state index contributed by atoms with van der Waals surface area (Å²) < 4.78 is 12.7. The fourth-order valence-corrected chi connectivity index (χ4v) is 0.948. The molecule has 0 bridgehead atoms. The fraction of sp³-hybridized carbons (Fsp3) is 0.182. The second kappa shape index (κ2) is 5.01. The second-order valence-corrected chi connectivity index (χ2v) is 2.64. The Bertz CT molecular complexity index is 421. The molecule has 0 heterocycles. The number of hydrogen-bond donors (Lipinski definition) is 1. The molecule has 0 radical (unpaired) electrons. The maximum absolute atomic E-state index is 12.7. The molecule has 14 heavy (non-hydrogen) atoms. The van der Waals surface area contributed by atoms with Gasteiger partial charge in [0.2, 0.25) is 0 Å². The predicted molar refractivity (Wildman–Crippen MR) is 51.7 cm³/mol. The zero-order valence-electron chi connectivity index (χ0n) is 7.55. The van der Waals surface area contributed by atoms with Crippen molar-refractivity contribution in [2.75, 3.05) is 6.54 Å². The van der Waals surface area contributed by atoms with Crippen LogP contribution in [0.5, 0.6) is 0 Å². The molecule has 0 saturated carbocycles. The molecule has 1 aromatic rings. The zero-order valence-corrected chi connectivity index (χ0v) is 7.55. The molecule has 0 aliphatic rings. The van der Waals surface area contributed by atoms with Crippen molar-refractivity contribution in [2.24, 2.45) is 5.73 Å². The number of rotatable bonds is 1. The van der Waals surface area contributed by atoms with Crippen LogP contribution >= 0.6 is 0 Å². The number of nitriles is 1. The number of nitrogens with zero attached hydrogens (tertiary/aromatic N) is 1. The molecule has 1 rings (SSSR count). The molecule has 0 aliphatic carbocycles. The minimum Gasteiger partial charge on any atom is -0.330 e. The lowest BCUT2D eigenvalue weighted by Crippen LogP contribution is -1.95. The number of halogens is 1. The van der Waals surface area contributed by atoms with E-state index in [1.54, 1.807) is 0 Å². The first-order chi connectivity index (χ1) is 6.77. The van der Waals surface area contributed by atoms with Crippen LogP contribution in [-0.2, 0) is 0 Å². The second-order valence-electron chi connectivity index (χ2n) is 2.64. The van der Waals surface area contributed by atoms with E-state index < -0.39 is 5.82 Å². The monoisotopic (exact) mass is 188 g/mol. The Hall–Kier alpha value is -1.84. The third-order valence-corrected chi connectivity index (χ3v) is 1.59. The number of benzene rings is 1. The molecule has 2 nitrogen and oxygen atoms in total. The average Bonchev–Trinajstić information content (AvgIpc) is 2.20. The summed E-state index contributed by atoms with van der Waals surface area (Å²) in [4.78, 5) is 0. The van der Waals surface area contributed by atoms with Gasteiger partial charge in [-0.15, -0.1) is 0 Å². The van der Waals surface area contributed by atoms with Gasteiger partial charge >= 0.3 is 0 Å². The van der Waals surface area contributed by atoms with Crippen LogP contribution in [-0.4, -0.2) is 6.54 Å². The van der Waals surface area contributed by atoms with E-state index in [1.807, 2.05) is 6.07 Å². The van der Waals surface area contributed by atoms with E-state index in [-0.39, 0.29) is 5.56 Å². The molecular formula is C11H9FN2. The highest BCUT2D eigenvalue weighted by Gasteiger charge is 1.99. The predicted octanol–water partition coefficient (Wildman–Crippen LogP) is 1.40. The van der Waals surface area contributed by atoms with Gasteiger partial charge in [-0.05, 0) is 18.2 Å². The van der Waals surface area contributed by atoms with Gasteiger partial charge in [0.1, 0.15) is 11.9 Å². The van der Waals surface area contributed by atoms with Crippen molar-refractivity contribution in [3.63, 3.8) is 0 Å². The Morgan fingerprint density at radius 3 is 2.79 bits per heavy atom. The van der Waals surface area contributed by atoms with Gasteiger partial charge in [0.05, 0.1) is 5.56 Å². The molecule has 1 aromatic carbocycles. The van der Waals surface area contributed by atoms with Crippen molar-refractivity contribution in [1.82, 2.24) is 0 Å². The Balaban J connectivity index is 3.00. The fourth-order valence-electron chi connectivity index (χ4n) is 0.948. The lowest BCUT2D eigenvalue weighted by Gasteiger charge is -1.94. The number of nitrogens with two attached hydrogens (primary N) is 1. The molecule has 0 fully saturated rings. The van der Waals surface area contributed by atoms with Gasteiger partial charge in [-0.3, -0.25) is 0 Å². The highest BCUT2D eigenvalue weighted by molar-refractivity contribution is 5.47. The van der Waals surface area contributed by atoms with Gasteiger partial charge in [-0.2, -0.15) is 5.26 Å². The summed E-state index contributed by atoms with van der Waals surface area (Å²) in [5.74, 6) is 5.15. The van der Waals surface area contributed by atoms with E-state index in [2.05, 4.69) is 11.8 Å². The van der Waals surface area contributed by atoms with Crippen molar-refractivity contribution in [3.8, 4) is 17.9 Å². The van der Waals surface area contributed by atoms with Crippen molar-refractivity contribution in [2.45, 2.75) is 6.42 Å². The Labute approximate surface area is 82.2 Å². The van der Waals surface area contributed by atoms with Gasteiger partial charge in [0, 0.05) is 18.5 Å². The normalized spacial score (nSPS) is 8.64. The van der Waals surface area contributed by atoms with Crippen molar-refractivity contribution in [3.05, 3.63) is 35.1 Å². The Morgan fingerprint density at radius 1 is 1.36 bits per heavy atom. The minimum atomic E-state index is -0.425. The van der Waals surface area contributed by atoms with Crippen molar-refractivity contribution >= 4 is 0 Å². The van der Waals surface area contributed by atoms with E-state index >= 15 is 0 Å². The van der Waals surface area contributed by atoms with Crippen LogP contribution in [0.1, 0.15) is 17.5 Å². The molecule has 3 heteroatoms. The maximum atomic E-state index is 12.7. The first-order valence-electron chi connectivity index (χ1n) is 4.16. The smallest absolute Gasteiger partial charge is 0.124 e. The Kier molecular flexibility index (Phi) is 3.67. The molecule has 2 N–H and O–H groups in total. The highest BCUT2D eigenvalue weighted by Crippen LogP contribution is 2.08. The Morgan fingerprint density at radius 2 is 2.14 bits per heavy atom. The van der Waals surface area contributed by atoms with Crippen LogP contribution in [0.3, 0.4) is 0 Å². The van der Waals surface area contributed by atoms with E-state index in [1.165, 1.54) is 18.2 Å². The molecule has 0 amide bonds. The van der Waals surface area contributed by atoms with Crippen molar-refractivity contribution < 1.29 is 4.39 Å². The van der Waals surface area contributed by atoms with E-state index in [9.17, 15) is 4.39 Å². The third kappa shape index (κ3) is 2.58. The standard InChI is InChI=1S/C11H9FN2/c12-11-5-4-9(3-1-2-6-13)10(7-11)8-14/h4-5,7H,2,6,13H2. The van der Waals surface area contributed by atoms with Crippen LogP contribution < -0.4 is 5.73 Å². The molecule has 0 saturated heterocycles. The third-order valence-electron chi connectivity index (χ3n) is 1.59. The summed E-state index contributed by atoms with van der Waals surface area (Å²) in [6.45, 7) is 0.482. The molecule has 70 valence electrons. The summed E-state index contributed by atoms with van der Waals surface area (Å²) in [7, 11) is 0. The minimum absolute atomic E-state index is 0.259. The van der Waals surface area contributed by atoms with Gasteiger partial charge in [-0.25, -0.2) is 4.39 Å². The van der Waals surface area contributed by atoms with E-state index in [4.69, 9.17) is 11.0 Å². The van der Waals surface area contributed by atoms with Gasteiger partial charge in [0.25, 0.3) is 0 Å². The molecular weight excluding hydrogens is 179 g/mol. The van der Waals surface area contributed by atoms with Crippen LogP contribution in [0.4, 0.5) is 4.39 Å². The summed E-state index contributed by atoms with van der Waals surface area (Å²) in [5, 5.41) is 8.69. The molecule has 0 spiro atoms. The highest BCUT2D eigenvalue weighted by atomic mass is 19.1. The first-order valence-corrected chi connectivity index (χ1v) is 4.16. The first kappa shape index (κ1) is 10.2. The van der Waals surface area contributed by atoms with E-state index in [0.717, 1.165) is 0 Å². The lowest BCUT2D eigenvalue weighted by molar-refractivity contribution is 0.627. The van der Waals surface area contributed by atoms with E-state index in [0.29, 0.717) is 18.5 Å². The van der Waals surface area contributed by atoms with Gasteiger partial charge in [0.15, 0.2) is 0 Å². The lowest BCUT2D eigenvalue weighted by atomic mass is 10.1. The average molecular weight is 188 g/mol. The molecule has 0 aromatic heterocycles. The van der Waals surface area contributed by atoms with Crippen LogP contribution in [0, 0.1) is 29.0 Å². The molecule has 0 unspecified atom stereocenters. The number of hydrogen-bond acceptors (Lipinski definition) is 2. The topological polar surface area (TPSA) is 49.8 Å². The van der Waals surface area contributed by atoms with Crippen molar-refractivity contribution in [1.29, 1.82) is 5.26 Å². The zero-order chi connectivity index (χ0) is 10.4. The SMILES string of the molecule is N#Cc1cc(F)ccc1C#CCCN. The molecule has 0 aliphatic heterocycles. The summed E-state index contributed by atoms with van der Waals surface area (Å²) in [6.07, 6.45) is 0.572. The summed E-state index contributed by atoms with van der Waals surface area (Å²) in [5.41, 5.74) is 6.06. The summed E-state index contributed by atoms with van der Waals surface area (Å²) >= 11 is 0. The maximum Gasteiger partial charge on any atom is 0.124 e. The molecule has 0 atom stereocenters. The largest absolute Gasteiger partial charge is 0.330 e. The van der Waals surface area contributed by atoms with Crippen LogP contribution in [0.2, 0.25) is 0 Å². The van der Waals surface area contributed by atoms with Gasteiger partial charge in [-0.1, -0.05) is 11.8 Å². The van der Waals surface area contributed by atoms with Crippen LogP contribution in [0.25, 0.3) is 0 Å².